The molecule has 7 nitrogen and oxygen atoms in total. The smallest absolute Gasteiger partial charge is 0.381 e. The number of carbonyl (C=O) groups is 1. The van der Waals surface area contributed by atoms with Crippen molar-refractivity contribution in [3.05, 3.63) is 47.1 Å². The summed E-state index contributed by atoms with van der Waals surface area (Å²) < 4.78 is 45.5. The number of alkyl halides is 3. The second-order valence-electron chi connectivity index (χ2n) is 8.35. The number of aryl methyl sites for hydroxylation is 1. The van der Waals surface area contributed by atoms with E-state index in [9.17, 15) is 18.0 Å². The molecule has 1 amide bonds. The summed E-state index contributed by atoms with van der Waals surface area (Å²) in [5.74, 6) is 0.392. The molecule has 3 aromatic heterocycles. The molecule has 5 rings (SSSR count). The third-order valence-corrected chi connectivity index (χ3v) is 6.62. The molecule has 0 radical (unpaired) electrons. The van der Waals surface area contributed by atoms with Gasteiger partial charge in [0.15, 0.2) is 5.65 Å². The Kier molecular flexibility index (Phi) is 5.52. The van der Waals surface area contributed by atoms with Crippen molar-refractivity contribution in [1.29, 1.82) is 0 Å². The van der Waals surface area contributed by atoms with Gasteiger partial charge in [0.1, 0.15) is 11.0 Å². The van der Waals surface area contributed by atoms with E-state index < -0.39 is 18.0 Å². The number of amides is 1. The number of ether oxygens (including phenoxy) is 1. The molecular weight excluding hydrogens is 459 g/mol. The van der Waals surface area contributed by atoms with Crippen LogP contribution in [-0.4, -0.2) is 44.8 Å². The summed E-state index contributed by atoms with van der Waals surface area (Å²) in [5.41, 5.74) is 1.85. The standard InChI is InChI=1S/C22H21ClF3N5O2/c23-17-3-2-15-19(28-17)29-18(30(15)9-1-5-22(24,25)26)13-31-16-12-27-8-4-14(16)21(20(31)32)6-10-33-11-7-21/h2-4,8,12H,1,5-7,9-11,13H2. The summed E-state index contributed by atoms with van der Waals surface area (Å²) in [6.45, 7) is 1.16. The van der Waals surface area contributed by atoms with Gasteiger partial charge in [0, 0.05) is 32.4 Å². The second-order valence-corrected chi connectivity index (χ2v) is 8.74. The van der Waals surface area contributed by atoms with E-state index >= 15 is 0 Å². The van der Waals surface area contributed by atoms with Crippen LogP contribution >= 0.6 is 11.6 Å². The molecule has 3 aromatic rings. The van der Waals surface area contributed by atoms with E-state index in [4.69, 9.17) is 16.3 Å². The van der Waals surface area contributed by atoms with Gasteiger partial charge in [-0.05, 0) is 43.0 Å². The van der Waals surface area contributed by atoms with Crippen molar-refractivity contribution in [2.75, 3.05) is 18.1 Å². The van der Waals surface area contributed by atoms with Crippen LogP contribution < -0.4 is 4.90 Å². The predicted octanol–water partition coefficient (Wildman–Crippen LogP) is 4.42. The molecule has 1 saturated heterocycles. The number of rotatable bonds is 5. The average molecular weight is 480 g/mol. The fraction of sp³-hybridized carbons (Fsp3) is 0.455. The van der Waals surface area contributed by atoms with Gasteiger partial charge in [0.2, 0.25) is 5.91 Å². The summed E-state index contributed by atoms with van der Waals surface area (Å²) in [5, 5.41) is 0.238. The van der Waals surface area contributed by atoms with Crippen molar-refractivity contribution < 1.29 is 22.7 Å². The van der Waals surface area contributed by atoms with Crippen LogP contribution in [0.15, 0.2) is 30.6 Å². The number of halogens is 4. The molecule has 33 heavy (non-hydrogen) atoms. The summed E-state index contributed by atoms with van der Waals surface area (Å²) in [4.78, 5) is 28.3. The minimum Gasteiger partial charge on any atom is -0.381 e. The first-order chi connectivity index (χ1) is 15.8. The zero-order chi connectivity index (χ0) is 23.2. The predicted molar refractivity (Wildman–Crippen MR) is 115 cm³/mol. The SMILES string of the molecule is O=C1N(Cc2nc3nc(Cl)ccc3n2CCCC(F)(F)F)c2cnccc2C12CCOCC2. The monoisotopic (exact) mass is 479 g/mol. The van der Waals surface area contributed by atoms with E-state index in [1.54, 1.807) is 34.0 Å². The van der Waals surface area contributed by atoms with E-state index in [1.165, 1.54) is 0 Å². The van der Waals surface area contributed by atoms with Crippen LogP contribution in [0.4, 0.5) is 18.9 Å². The Hall–Kier alpha value is -2.72. The van der Waals surface area contributed by atoms with E-state index in [1.807, 2.05) is 6.07 Å². The Labute approximate surface area is 192 Å². The molecule has 0 aliphatic carbocycles. The lowest BCUT2D eigenvalue weighted by Crippen LogP contribution is -2.44. The van der Waals surface area contributed by atoms with Gasteiger partial charge in [-0.15, -0.1) is 0 Å². The summed E-state index contributed by atoms with van der Waals surface area (Å²) >= 11 is 6.01. The molecule has 174 valence electrons. The van der Waals surface area contributed by atoms with Crippen LogP contribution in [0, 0.1) is 0 Å². The van der Waals surface area contributed by atoms with E-state index in [2.05, 4.69) is 15.0 Å². The number of aromatic nitrogens is 4. The van der Waals surface area contributed by atoms with Crippen LogP contribution in [0.25, 0.3) is 11.2 Å². The first kappa shape index (κ1) is 22.1. The third-order valence-electron chi connectivity index (χ3n) is 6.41. The molecule has 1 spiro atoms. The van der Waals surface area contributed by atoms with Crippen LogP contribution in [0.5, 0.6) is 0 Å². The van der Waals surface area contributed by atoms with Crippen molar-refractivity contribution in [3.8, 4) is 0 Å². The maximum Gasteiger partial charge on any atom is 0.389 e. The molecule has 2 aliphatic rings. The highest BCUT2D eigenvalue weighted by molar-refractivity contribution is 6.29. The van der Waals surface area contributed by atoms with Gasteiger partial charge in [-0.1, -0.05) is 11.6 Å². The largest absolute Gasteiger partial charge is 0.389 e. The van der Waals surface area contributed by atoms with E-state index in [0.29, 0.717) is 48.7 Å². The number of carbonyl (C=O) groups excluding carboxylic acids is 1. The van der Waals surface area contributed by atoms with Gasteiger partial charge in [0.05, 0.1) is 29.4 Å². The molecule has 5 heterocycles. The lowest BCUT2D eigenvalue weighted by molar-refractivity contribution is -0.135. The molecule has 2 aliphatic heterocycles. The van der Waals surface area contributed by atoms with Crippen molar-refractivity contribution in [3.63, 3.8) is 0 Å². The maximum atomic E-state index is 13.7. The molecule has 1 fully saturated rings. The van der Waals surface area contributed by atoms with Crippen LogP contribution in [0.2, 0.25) is 5.15 Å². The van der Waals surface area contributed by atoms with E-state index in [-0.39, 0.29) is 30.6 Å². The van der Waals surface area contributed by atoms with Gasteiger partial charge in [-0.3, -0.25) is 9.78 Å². The minimum absolute atomic E-state index is 0.0614. The highest BCUT2D eigenvalue weighted by Gasteiger charge is 2.51. The Morgan fingerprint density at radius 2 is 1.94 bits per heavy atom. The normalized spacial score (nSPS) is 17.8. The first-order valence-electron chi connectivity index (χ1n) is 10.7. The zero-order valence-corrected chi connectivity index (χ0v) is 18.4. The molecule has 0 saturated carbocycles. The van der Waals surface area contributed by atoms with Crippen molar-refractivity contribution in [2.45, 2.75) is 50.4 Å². The Balaban J connectivity index is 1.52. The fourth-order valence-corrected chi connectivity index (χ4v) is 4.97. The lowest BCUT2D eigenvalue weighted by atomic mass is 9.75. The Morgan fingerprint density at radius 3 is 2.70 bits per heavy atom. The van der Waals surface area contributed by atoms with Crippen molar-refractivity contribution in [2.24, 2.45) is 0 Å². The number of imidazole rings is 1. The van der Waals surface area contributed by atoms with Gasteiger partial charge < -0.3 is 14.2 Å². The number of hydrogen-bond acceptors (Lipinski definition) is 5. The molecule has 0 aromatic carbocycles. The number of pyridine rings is 2. The quantitative estimate of drug-likeness (QED) is 0.507. The Bertz CT molecular complexity index is 1210. The molecule has 0 N–H and O–H groups in total. The minimum atomic E-state index is -4.25. The second kappa shape index (κ2) is 8.25. The number of nitrogens with zero attached hydrogens (tertiary/aromatic N) is 5. The van der Waals surface area contributed by atoms with Crippen molar-refractivity contribution in [1.82, 2.24) is 19.5 Å². The van der Waals surface area contributed by atoms with Gasteiger partial charge in [-0.25, -0.2) is 9.97 Å². The number of anilines is 1. The molecule has 0 unspecified atom stereocenters. The van der Waals surface area contributed by atoms with Crippen LogP contribution in [0.1, 0.15) is 37.1 Å². The highest BCUT2D eigenvalue weighted by atomic mass is 35.5. The van der Waals surface area contributed by atoms with Gasteiger partial charge in [0.25, 0.3) is 0 Å². The maximum absolute atomic E-state index is 13.7. The fourth-order valence-electron chi connectivity index (χ4n) is 4.83. The molecule has 0 bridgehead atoms. The summed E-state index contributed by atoms with van der Waals surface area (Å²) in [6.07, 6.45) is -0.808. The average Bonchev–Trinajstić information content (AvgIpc) is 3.22. The molecular formula is C22H21ClF3N5O2. The number of fused-ring (bicyclic) bond motifs is 3. The Morgan fingerprint density at radius 1 is 1.15 bits per heavy atom. The summed E-state index contributed by atoms with van der Waals surface area (Å²) in [6, 6.07) is 5.13. The molecule has 11 heteroatoms. The number of hydrogen-bond donors (Lipinski definition) is 0. The van der Waals surface area contributed by atoms with Crippen LogP contribution in [0.3, 0.4) is 0 Å². The van der Waals surface area contributed by atoms with Crippen molar-refractivity contribution >= 4 is 34.4 Å². The first-order valence-corrected chi connectivity index (χ1v) is 11.1. The zero-order valence-electron chi connectivity index (χ0n) is 17.6. The molecule has 0 atom stereocenters. The van der Waals surface area contributed by atoms with Gasteiger partial charge in [-0.2, -0.15) is 13.2 Å². The summed E-state index contributed by atoms with van der Waals surface area (Å²) in [7, 11) is 0. The van der Waals surface area contributed by atoms with E-state index in [0.717, 1.165) is 5.56 Å². The van der Waals surface area contributed by atoms with Crippen LogP contribution in [-0.2, 0) is 28.0 Å². The lowest BCUT2D eigenvalue weighted by Gasteiger charge is -2.32. The third kappa shape index (κ3) is 3.95. The topological polar surface area (TPSA) is 73.1 Å². The van der Waals surface area contributed by atoms with Gasteiger partial charge >= 0.3 is 6.18 Å². The highest BCUT2D eigenvalue weighted by Crippen LogP contribution is 2.47.